The molecule has 0 fully saturated rings. The van der Waals surface area contributed by atoms with E-state index in [0.29, 0.717) is 5.56 Å². The van der Waals surface area contributed by atoms with Crippen LogP contribution in [0.3, 0.4) is 0 Å². The van der Waals surface area contributed by atoms with Crippen LogP contribution >= 0.6 is 22.6 Å². The van der Waals surface area contributed by atoms with Gasteiger partial charge in [0.2, 0.25) is 0 Å². The normalized spacial score (nSPS) is 10.3. The Kier molecular flexibility index (Phi) is 5.08. The van der Waals surface area contributed by atoms with Gasteiger partial charge in [-0.25, -0.2) is 4.79 Å². The molecule has 0 unspecified atom stereocenters. The van der Waals surface area contributed by atoms with E-state index in [1.807, 2.05) is 60.7 Å². The van der Waals surface area contributed by atoms with Crippen molar-refractivity contribution in [3.05, 3.63) is 93.6 Å². The van der Waals surface area contributed by atoms with E-state index < -0.39 is 0 Å². The van der Waals surface area contributed by atoms with E-state index in [2.05, 4.69) is 34.7 Å². The van der Waals surface area contributed by atoms with Crippen LogP contribution in [-0.4, -0.2) is 5.97 Å². The summed E-state index contributed by atoms with van der Waals surface area (Å²) in [4.78, 5) is 12.0. The zero-order valence-electron chi connectivity index (χ0n) is 12.4. The lowest BCUT2D eigenvalue weighted by molar-refractivity contribution is 0.0472. The first kappa shape index (κ1) is 15.7. The zero-order chi connectivity index (χ0) is 16.1. The highest BCUT2D eigenvalue weighted by Crippen LogP contribution is 2.19. The molecular formula is C20H15IO2. The summed E-state index contributed by atoms with van der Waals surface area (Å²) in [5.74, 6) is -0.296. The minimum Gasteiger partial charge on any atom is -0.457 e. The maximum atomic E-state index is 12.0. The second kappa shape index (κ2) is 7.42. The fourth-order valence-electron chi connectivity index (χ4n) is 2.27. The maximum Gasteiger partial charge on any atom is 0.338 e. The Balaban J connectivity index is 1.64. The van der Waals surface area contributed by atoms with E-state index in [4.69, 9.17) is 4.74 Å². The lowest BCUT2D eigenvalue weighted by Crippen LogP contribution is -2.05. The van der Waals surface area contributed by atoms with Gasteiger partial charge in [-0.05, 0) is 57.5 Å². The molecule has 23 heavy (non-hydrogen) atoms. The summed E-state index contributed by atoms with van der Waals surface area (Å²) < 4.78 is 6.39. The smallest absolute Gasteiger partial charge is 0.338 e. The number of esters is 1. The van der Waals surface area contributed by atoms with E-state index in [1.54, 1.807) is 6.07 Å². The third-order valence-electron chi connectivity index (χ3n) is 3.49. The van der Waals surface area contributed by atoms with Gasteiger partial charge in [-0.15, -0.1) is 0 Å². The van der Waals surface area contributed by atoms with Crippen LogP contribution in [0.4, 0.5) is 0 Å². The molecule has 0 aliphatic carbocycles. The molecular weight excluding hydrogens is 399 g/mol. The largest absolute Gasteiger partial charge is 0.457 e. The molecule has 0 N–H and O–H groups in total. The van der Waals surface area contributed by atoms with Crippen molar-refractivity contribution >= 4 is 28.6 Å². The number of hydrogen-bond donors (Lipinski definition) is 0. The number of hydrogen-bond acceptors (Lipinski definition) is 2. The highest BCUT2D eigenvalue weighted by Gasteiger charge is 2.07. The molecule has 0 aliphatic rings. The number of rotatable bonds is 4. The monoisotopic (exact) mass is 414 g/mol. The van der Waals surface area contributed by atoms with Crippen molar-refractivity contribution in [1.29, 1.82) is 0 Å². The number of halogens is 1. The first-order valence-electron chi connectivity index (χ1n) is 7.29. The lowest BCUT2D eigenvalue weighted by atomic mass is 10.0. The van der Waals surface area contributed by atoms with E-state index >= 15 is 0 Å². The van der Waals surface area contributed by atoms with Crippen molar-refractivity contribution in [2.75, 3.05) is 0 Å². The Hall–Kier alpha value is -2.14. The molecule has 3 heteroatoms. The molecule has 0 spiro atoms. The Bertz CT molecular complexity index is 795. The zero-order valence-corrected chi connectivity index (χ0v) is 14.6. The van der Waals surface area contributed by atoms with Crippen molar-refractivity contribution in [2.45, 2.75) is 6.61 Å². The standard InChI is InChI=1S/C20H15IO2/c21-19-8-4-7-18(13-19)20(22)23-14-15-9-11-17(12-10-15)16-5-2-1-3-6-16/h1-13H,14H2. The average molecular weight is 414 g/mol. The Morgan fingerprint density at radius 3 is 2.22 bits per heavy atom. The van der Waals surface area contributed by atoms with Crippen molar-refractivity contribution in [2.24, 2.45) is 0 Å². The number of carbonyl (C=O) groups is 1. The molecule has 3 rings (SSSR count). The minimum absolute atomic E-state index is 0.277. The second-order valence-corrected chi connectivity index (χ2v) is 6.40. The fraction of sp³-hybridized carbons (Fsp3) is 0.0500. The molecule has 0 radical (unpaired) electrons. The van der Waals surface area contributed by atoms with Crippen LogP contribution in [-0.2, 0) is 11.3 Å². The first-order valence-corrected chi connectivity index (χ1v) is 8.37. The number of ether oxygens (including phenoxy) is 1. The third kappa shape index (κ3) is 4.20. The van der Waals surface area contributed by atoms with Gasteiger partial charge in [-0.3, -0.25) is 0 Å². The van der Waals surface area contributed by atoms with Crippen LogP contribution in [0.5, 0.6) is 0 Å². The van der Waals surface area contributed by atoms with Crippen LogP contribution in [0.15, 0.2) is 78.9 Å². The number of benzene rings is 3. The number of carbonyl (C=O) groups excluding carboxylic acids is 1. The fourth-order valence-corrected chi connectivity index (χ4v) is 2.81. The SMILES string of the molecule is O=C(OCc1ccc(-c2ccccc2)cc1)c1cccc(I)c1. The summed E-state index contributed by atoms with van der Waals surface area (Å²) in [5.41, 5.74) is 3.88. The third-order valence-corrected chi connectivity index (χ3v) is 4.16. The predicted octanol–water partition coefficient (Wildman–Crippen LogP) is 5.32. The molecule has 114 valence electrons. The second-order valence-electron chi connectivity index (χ2n) is 5.15. The molecule has 2 nitrogen and oxygen atoms in total. The summed E-state index contributed by atoms with van der Waals surface area (Å²) in [5, 5.41) is 0. The van der Waals surface area contributed by atoms with Crippen LogP contribution < -0.4 is 0 Å². The van der Waals surface area contributed by atoms with Gasteiger partial charge in [0.1, 0.15) is 6.61 Å². The molecule has 3 aromatic carbocycles. The minimum atomic E-state index is -0.296. The van der Waals surface area contributed by atoms with E-state index in [0.717, 1.165) is 14.7 Å². The van der Waals surface area contributed by atoms with Crippen LogP contribution in [0.1, 0.15) is 15.9 Å². The van der Waals surface area contributed by atoms with Gasteiger partial charge in [0.15, 0.2) is 0 Å². The van der Waals surface area contributed by atoms with Gasteiger partial charge >= 0.3 is 5.97 Å². The van der Waals surface area contributed by atoms with E-state index in [-0.39, 0.29) is 12.6 Å². The molecule has 0 heterocycles. The summed E-state index contributed by atoms with van der Waals surface area (Å²) in [6.07, 6.45) is 0. The molecule has 0 saturated carbocycles. The Morgan fingerprint density at radius 2 is 1.52 bits per heavy atom. The Labute approximate surface area is 149 Å². The van der Waals surface area contributed by atoms with Gasteiger partial charge in [0.05, 0.1) is 5.56 Å². The van der Waals surface area contributed by atoms with Gasteiger partial charge in [-0.2, -0.15) is 0 Å². The van der Waals surface area contributed by atoms with Crippen molar-refractivity contribution in [3.63, 3.8) is 0 Å². The van der Waals surface area contributed by atoms with Crippen LogP contribution in [0.25, 0.3) is 11.1 Å². The topological polar surface area (TPSA) is 26.3 Å². The molecule has 0 bridgehead atoms. The van der Waals surface area contributed by atoms with Crippen LogP contribution in [0.2, 0.25) is 0 Å². The summed E-state index contributed by atoms with van der Waals surface area (Å²) >= 11 is 2.18. The highest BCUT2D eigenvalue weighted by molar-refractivity contribution is 14.1. The van der Waals surface area contributed by atoms with Gasteiger partial charge in [0, 0.05) is 3.57 Å². The summed E-state index contributed by atoms with van der Waals surface area (Å²) in [7, 11) is 0. The van der Waals surface area contributed by atoms with Gasteiger partial charge in [0.25, 0.3) is 0 Å². The molecule has 0 amide bonds. The van der Waals surface area contributed by atoms with Crippen molar-refractivity contribution in [1.82, 2.24) is 0 Å². The predicted molar refractivity (Wildman–Crippen MR) is 100 cm³/mol. The summed E-state index contributed by atoms with van der Waals surface area (Å²) in [6, 6.07) is 25.7. The average Bonchev–Trinajstić information content (AvgIpc) is 2.61. The first-order chi connectivity index (χ1) is 11.2. The maximum absolute atomic E-state index is 12.0. The summed E-state index contributed by atoms with van der Waals surface area (Å²) in [6.45, 7) is 0.277. The van der Waals surface area contributed by atoms with Gasteiger partial charge < -0.3 is 4.74 Å². The van der Waals surface area contributed by atoms with Gasteiger partial charge in [-0.1, -0.05) is 60.7 Å². The van der Waals surface area contributed by atoms with Crippen LogP contribution in [0, 0.1) is 3.57 Å². The van der Waals surface area contributed by atoms with Crippen molar-refractivity contribution in [3.8, 4) is 11.1 Å². The Morgan fingerprint density at radius 1 is 0.826 bits per heavy atom. The molecule has 0 aromatic heterocycles. The van der Waals surface area contributed by atoms with E-state index in [9.17, 15) is 4.79 Å². The lowest BCUT2D eigenvalue weighted by Gasteiger charge is -2.07. The molecule has 0 saturated heterocycles. The quantitative estimate of drug-likeness (QED) is 0.427. The highest BCUT2D eigenvalue weighted by atomic mass is 127. The van der Waals surface area contributed by atoms with Crippen molar-refractivity contribution < 1.29 is 9.53 Å². The molecule has 3 aromatic rings. The van der Waals surface area contributed by atoms with E-state index in [1.165, 1.54) is 5.56 Å². The molecule has 0 aliphatic heterocycles. The molecule has 0 atom stereocenters.